The zero-order valence-corrected chi connectivity index (χ0v) is 55.5. The third-order valence-electron chi connectivity index (χ3n) is 22.0. The van der Waals surface area contributed by atoms with Crippen LogP contribution in [0.25, 0.3) is 11.1 Å². The maximum Gasteiger partial charge on any atom is 0.252 e. The van der Waals surface area contributed by atoms with Crippen molar-refractivity contribution in [1.29, 1.82) is 0 Å². The quantitative estimate of drug-likeness (QED) is 0.147. The van der Waals surface area contributed by atoms with Crippen molar-refractivity contribution in [3.05, 3.63) is 227 Å². The summed E-state index contributed by atoms with van der Waals surface area (Å²) in [4.78, 5) is 10.7. The molecule has 0 spiro atoms. The molecule has 2 aliphatic carbocycles. The number of anilines is 11. The number of hydrogen-bond donors (Lipinski definition) is 0. The Labute approximate surface area is 527 Å². The van der Waals surface area contributed by atoms with E-state index in [0.717, 1.165) is 37.1 Å². The second kappa shape index (κ2) is 20.1. The monoisotopic (exact) mass is 1150 g/mol. The van der Waals surface area contributed by atoms with Crippen LogP contribution in [0.1, 0.15) is 181 Å². The molecule has 88 heavy (non-hydrogen) atoms. The summed E-state index contributed by atoms with van der Waals surface area (Å²) in [6.45, 7) is 38.8. The van der Waals surface area contributed by atoms with Crippen molar-refractivity contribution in [1.82, 2.24) is 0 Å². The van der Waals surface area contributed by atoms with Gasteiger partial charge in [0.1, 0.15) is 0 Å². The molecule has 0 N–H and O–H groups in total. The van der Waals surface area contributed by atoms with Crippen LogP contribution < -0.4 is 36.0 Å². The van der Waals surface area contributed by atoms with E-state index >= 15 is 0 Å². The molecule has 2 atom stereocenters. The fourth-order valence-corrected chi connectivity index (χ4v) is 16.4. The molecule has 0 aromatic heterocycles. The first-order valence-electron chi connectivity index (χ1n) is 33.0. The zero-order valence-electron chi connectivity index (χ0n) is 55.5. The van der Waals surface area contributed by atoms with Crippen molar-refractivity contribution in [3.63, 3.8) is 0 Å². The lowest BCUT2D eigenvalue weighted by Crippen LogP contribution is -2.62. The van der Waals surface area contributed by atoms with Gasteiger partial charge >= 0.3 is 0 Å². The van der Waals surface area contributed by atoms with Crippen LogP contribution in [0.15, 0.2) is 188 Å². The number of hydrogen-bond acceptors (Lipinski definition) is 4. The van der Waals surface area contributed by atoms with Gasteiger partial charge in [0.15, 0.2) is 0 Å². The Morgan fingerprint density at radius 1 is 0.398 bits per heavy atom. The molecule has 9 aromatic carbocycles. The van der Waals surface area contributed by atoms with E-state index in [-0.39, 0.29) is 44.7 Å². The van der Waals surface area contributed by atoms with E-state index < -0.39 is 0 Å². The average Bonchev–Trinajstić information content (AvgIpc) is 1.00. The third kappa shape index (κ3) is 9.04. The van der Waals surface area contributed by atoms with Crippen molar-refractivity contribution in [2.24, 2.45) is 0 Å². The molecule has 9 aromatic rings. The second-order valence-corrected chi connectivity index (χ2v) is 31.7. The SMILES string of the molecule is Cc1cc(C(C)(C)C)ccc1N1c2cc(N3c4ccc(N(c5ccccc5)c5ccccc5)cc4C4(C)CCCCC34C)ccc2B2c3cc4c(cc3N(c3ccc(C(C)(C)C)cc3-c3ccccc3)c3cc(C(C)(C)C)cc1c32)C(C)(C)CCC4(C)C. The number of rotatable bonds is 7. The van der Waals surface area contributed by atoms with E-state index in [4.69, 9.17) is 0 Å². The molecule has 0 saturated heterocycles. The highest BCUT2D eigenvalue weighted by Gasteiger charge is 2.58. The van der Waals surface area contributed by atoms with E-state index in [1.54, 1.807) is 0 Å². The molecule has 446 valence electrons. The number of para-hydroxylation sites is 2. The molecule has 3 aliphatic heterocycles. The predicted molar refractivity (Wildman–Crippen MR) is 380 cm³/mol. The Bertz CT molecular complexity index is 4190. The lowest BCUT2D eigenvalue weighted by molar-refractivity contribution is 0.195. The van der Waals surface area contributed by atoms with Gasteiger partial charge in [-0.3, -0.25) is 0 Å². The van der Waals surface area contributed by atoms with Crippen LogP contribution >= 0.6 is 0 Å². The first kappa shape index (κ1) is 58.0. The summed E-state index contributed by atoms with van der Waals surface area (Å²) in [6.07, 6.45) is 6.94. The van der Waals surface area contributed by atoms with Crippen LogP contribution in [0.5, 0.6) is 0 Å². The maximum atomic E-state index is 2.81. The van der Waals surface area contributed by atoms with Gasteiger partial charge in [-0.1, -0.05) is 207 Å². The van der Waals surface area contributed by atoms with Gasteiger partial charge in [-0.25, -0.2) is 0 Å². The molecule has 1 fully saturated rings. The van der Waals surface area contributed by atoms with Crippen LogP contribution in [0.2, 0.25) is 0 Å². The Morgan fingerprint density at radius 2 is 0.920 bits per heavy atom. The van der Waals surface area contributed by atoms with Gasteiger partial charge in [-0.05, 0) is 218 Å². The van der Waals surface area contributed by atoms with Gasteiger partial charge in [0, 0.05) is 67.9 Å². The van der Waals surface area contributed by atoms with Crippen molar-refractivity contribution >= 4 is 85.7 Å². The van der Waals surface area contributed by atoms with Crippen LogP contribution in [-0.2, 0) is 32.5 Å². The topological polar surface area (TPSA) is 13.0 Å². The van der Waals surface area contributed by atoms with Crippen molar-refractivity contribution < 1.29 is 0 Å². The number of fused-ring (bicyclic) bond motifs is 8. The Kier molecular flexibility index (Phi) is 13.3. The Balaban J connectivity index is 1.06. The molecule has 5 aliphatic rings. The summed E-state index contributed by atoms with van der Waals surface area (Å²) in [5.74, 6) is 0. The van der Waals surface area contributed by atoms with Gasteiger partial charge in [0.2, 0.25) is 0 Å². The van der Waals surface area contributed by atoms with Gasteiger partial charge in [-0.15, -0.1) is 0 Å². The fraction of sp³-hybridized carbons (Fsp3) is 0.349. The average molecular weight is 1160 g/mol. The summed E-state index contributed by atoms with van der Waals surface area (Å²) >= 11 is 0. The highest BCUT2D eigenvalue weighted by Crippen LogP contribution is 2.63. The minimum atomic E-state index is -0.187. The van der Waals surface area contributed by atoms with Crippen LogP contribution in [0.3, 0.4) is 0 Å². The highest BCUT2D eigenvalue weighted by atomic mass is 15.3. The summed E-state index contributed by atoms with van der Waals surface area (Å²) < 4.78 is 0. The molecule has 1 saturated carbocycles. The predicted octanol–water partition coefficient (Wildman–Crippen LogP) is 21.2. The van der Waals surface area contributed by atoms with Crippen molar-refractivity contribution in [2.75, 3.05) is 19.6 Å². The first-order valence-corrected chi connectivity index (χ1v) is 33.0. The standard InChI is InChI=1S/C83H91BN4/c1-54-46-56(77(2,3)4)34-39-69(54)86-72-51-62(88-71-41-37-61(50-66(71)82(15)42-26-27-43-83(82,88)16)85(59-30-22-18-23-31-59)60-32-24-19-25-33-60)36-38-67(72)84-68-52-64-65(81(13,14)45-44-80(64,11)12)53-73(68)87(75-49-58(79(8,9)10)48-74(86)76(75)84)70-40-35-57(78(5,6)7)47-63(70)55-28-20-17-21-29-55/h17-25,28-41,46-53H,26-27,42-45H2,1-16H3. The van der Waals surface area contributed by atoms with Gasteiger partial charge < -0.3 is 19.6 Å². The Morgan fingerprint density at radius 3 is 1.51 bits per heavy atom. The molecule has 2 unspecified atom stereocenters. The van der Waals surface area contributed by atoms with E-state index in [9.17, 15) is 0 Å². The summed E-state index contributed by atoms with van der Waals surface area (Å²) in [5.41, 5.74) is 29.4. The minimum Gasteiger partial charge on any atom is -0.334 e. The number of benzene rings is 9. The lowest BCUT2D eigenvalue weighted by atomic mass is 9.33. The van der Waals surface area contributed by atoms with Gasteiger partial charge in [0.05, 0.1) is 11.2 Å². The molecule has 5 heteroatoms. The fourth-order valence-electron chi connectivity index (χ4n) is 16.4. The molecule has 14 rings (SSSR count). The molecule has 0 amide bonds. The number of aryl methyl sites for hydroxylation is 1. The van der Waals surface area contributed by atoms with E-state index in [0.29, 0.717) is 0 Å². The minimum absolute atomic E-state index is 0.00288. The van der Waals surface area contributed by atoms with Gasteiger partial charge in [0.25, 0.3) is 6.71 Å². The molecular formula is C83H91BN4. The molecule has 0 bridgehead atoms. The normalized spacial score (nSPS) is 19.7. The lowest BCUT2D eigenvalue weighted by Gasteiger charge is -2.51. The van der Waals surface area contributed by atoms with Crippen LogP contribution in [0.4, 0.5) is 62.6 Å². The summed E-state index contributed by atoms with van der Waals surface area (Å²) in [5, 5.41) is 0. The van der Waals surface area contributed by atoms with Crippen LogP contribution in [0, 0.1) is 6.92 Å². The molecule has 0 radical (unpaired) electrons. The number of nitrogens with zero attached hydrogens (tertiary/aromatic N) is 4. The molecular weight excluding hydrogens is 1060 g/mol. The summed E-state index contributed by atoms with van der Waals surface area (Å²) in [6, 6.07) is 73.5. The first-order chi connectivity index (χ1) is 41.7. The van der Waals surface area contributed by atoms with Crippen LogP contribution in [-0.4, -0.2) is 12.3 Å². The van der Waals surface area contributed by atoms with Crippen molar-refractivity contribution in [2.45, 2.75) is 187 Å². The van der Waals surface area contributed by atoms with E-state index in [2.05, 4.69) is 318 Å². The smallest absolute Gasteiger partial charge is 0.252 e. The Hall–Kier alpha value is -7.76. The highest BCUT2D eigenvalue weighted by molar-refractivity contribution is 7.00. The zero-order chi connectivity index (χ0) is 61.8. The largest absolute Gasteiger partial charge is 0.334 e. The van der Waals surface area contributed by atoms with E-state index in [1.807, 2.05) is 0 Å². The maximum absolute atomic E-state index is 2.81. The molecule has 3 heterocycles. The van der Waals surface area contributed by atoms with Crippen molar-refractivity contribution in [3.8, 4) is 11.1 Å². The van der Waals surface area contributed by atoms with E-state index in [1.165, 1.54) is 130 Å². The summed E-state index contributed by atoms with van der Waals surface area (Å²) in [7, 11) is 0. The van der Waals surface area contributed by atoms with Gasteiger partial charge in [-0.2, -0.15) is 0 Å². The third-order valence-corrected chi connectivity index (χ3v) is 22.0. The molecule has 4 nitrogen and oxygen atoms in total. The second-order valence-electron chi connectivity index (χ2n) is 31.7.